The normalized spacial score (nSPS) is 9.95. The van der Waals surface area contributed by atoms with Gasteiger partial charge in [0.1, 0.15) is 0 Å². The minimum atomic E-state index is -0.836. The van der Waals surface area contributed by atoms with Gasteiger partial charge in [-0.05, 0) is 6.92 Å². The van der Waals surface area contributed by atoms with Crippen LogP contribution in [0, 0.1) is 27.2 Å². The molecule has 0 bridgehead atoms. The second-order valence-electron chi connectivity index (χ2n) is 4.03. The lowest BCUT2D eigenvalue weighted by Gasteiger charge is -2.14. The summed E-state index contributed by atoms with van der Waals surface area (Å²) in [5.74, 6) is -1.41. The molecule has 0 aliphatic rings. The summed E-state index contributed by atoms with van der Waals surface area (Å²) >= 11 is 0. The number of carbonyl (C=O) groups is 2. The fraction of sp³-hybridized carbons (Fsp3) is 0.273. The molecule has 0 fully saturated rings. The first-order chi connectivity index (χ1) is 9.16. The van der Waals surface area contributed by atoms with Crippen molar-refractivity contribution in [1.82, 2.24) is 4.90 Å². The van der Waals surface area contributed by atoms with Crippen molar-refractivity contribution in [3.8, 4) is 0 Å². The lowest BCUT2D eigenvalue weighted by molar-refractivity contribution is -0.394. The van der Waals surface area contributed by atoms with Crippen LogP contribution in [0.5, 0.6) is 0 Å². The fourth-order valence-electron chi connectivity index (χ4n) is 1.52. The average Bonchev–Trinajstić information content (AvgIpc) is 2.36. The Hall–Kier alpha value is -2.84. The topological polar surface area (TPSA) is 124 Å². The van der Waals surface area contributed by atoms with E-state index in [4.69, 9.17) is 0 Å². The largest absolute Gasteiger partial charge is 0.282 e. The monoisotopic (exact) mass is 281 g/mol. The minimum absolute atomic E-state index is 0.0290. The number of carbonyl (C=O) groups excluding carboxylic acids is 2. The van der Waals surface area contributed by atoms with Crippen LogP contribution in [0.3, 0.4) is 0 Å². The zero-order chi connectivity index (χ0) is 15.6. The zero-order valence-corrected chi connectivity index (χ0v) is 10.9. The summed E-state index contributed by atoms with van der Waals surface area (Å²) < 4.78 is 0. The van der Waals surface area contributed by atoms with Crippen molar-refractivity contribution in [2.45, 2.75) is 13.8 Å². The molecule has 0 spiro atoms. The van der Waals surface area contributed by atoms with E-state index in [0.717, 1.165) is 24.0 Å². The quantitative estimate of drug-likeness (QED) is 0.609. The van der Waals surface area contributed by atoms with Gasteiger partial charge in [-0.2, -0.15) is 0 Å². The van der Waals surface area contributed by atoms with Gasteiger partial charge in [0, 0.05) is 25.6 Å². The molecule has 106 valence electrons. The molecule has 0 saturated heterocycles. The van der Waals surface area contributed by atoms with Crippen LogP contribution in [0.4, 0.5) is 11.4 Å². The highest BCUT2D eigenvalue weighted by atomic mass is 16.6. The van der Waals surface area contributed by atoms with Gasteiger partial charge in [0.15, 0.2) is 0 Å². The van der Waals surface area contributed by atoms with Crippen LogP contribution >= 0.6 is 0 Å². The Morgan fingerprint density at radius 3 is 2.10 bits per heavy atom. The predicted molar refractivity (Wildman–Crippen MR) is 67.3 cm³/mol. The molecular formula is C11H11N3O6. The smallest absolute Gasteiger partial charge is 0.279 e. The summed E-state index contributed by atoms with van der Waals surface area (Å²) in [5, 5.41) is 21.6. The summed E-state index contributed by atoms with van der Waals surface area (Å²) in [7, 11) is 1.19. The van der Waals surface area contributed by atoms with E-state index in [0.29, 0.717) is 0 Å². The maximum Gasteiger partial charge on any atom is 0.279 e. The van der Waals surface area contributed by atoms with Gasteiger partial charge in [-0.1, -0.05) is 0 Å². The van der Waals surface area contributed by atoms with Crippen LogP contribution < -0.4 is 0 Å². The fourth-order valence-corrected chi connectivity index (χ4v) is 1.52. The van der Waals surface area contributed by atoms with Crippen LogP contribution in [0.25, 0.3) is 0 Å². The highest BCUT2D eigenvalue weighted by Crippen LogP contribution is 2.28. The Morgan fingerprint density at radius 2 is 1.70 bits per heavy atom. The number of rotatable bonds is 3. The van der Waals surface area contributed by atoms with Gasteiger partial charge >= 0.3 is 0 Å². The molecule has 0 aliphatic carbocycles. The van der Waals surface area contributed by atoms with Crippen LogP contribution in [0.1, 0.15) is 22.8 Å². The summed E-state index contributed by atoms with van der Waals surface area (Å²) in [6.45, 7) is 2.43. The molecule has 9 heteroatoms. The Kier molecular flexibility index (Phi) is 4.13. The lowest BCUT2D eigenvalue weighted by atomic mass is 10.0. The molecule has 0 aliphatic heterocycles. The Morgan fingerprint density at radius 1 is 1.15 bits per heavy atom. The average molecular weight is 281 g/mol. The van der Waals surface area contributed by atoms with E-state index in [9.17, 15) is 29.8 Å². The lowest BCUT2D eigenvalue weighted by Crippen LogP contribution is -2.31. The molecule has 0 saturated carbocycles. The van der Waals surface area contributed by atoms with Crippen LogP contribution in [-0.2, 0) is 4.79 Å². The molecule has 1 aromatic rings. The number of benzene rings is 1. The Bertz CT molecular complexity index is 625. The second-order valence-corrected chi connectivity index (χ2v) is 4.03. The highest BCUT2D eigenvalue weighted by Gasteiger charge is 2.27. The van der Waals surface area contributed by atoms with Crippen molar-refractivity contribution in [1.29, 1.82) is 0 Å². The van der Waals surface area contributed by atoms with E-state index < -0.39 is 33.0 Å². The predicted octanol–water partition coefficient (Wildman–Crippen LogP) is 1.43. The van der Waals surface area contributed by atoms with Crippen molar-refractivity contribution < 1.29 is 19.4 Å². The number of nitro benzene ring substituents is 2. The van der Waals surface area contributed by atoms with E-state index in [1.807, 2.05) is 0 Å². The van der Waals surface area contributed by atoms with E-state index in [-0.39, 0.29) is 11.1 Å². The van der Waals surface area contributed by atoms with Crippen molar-refractivity contribution in [3.05, 3.63) is 43.5 Å². The minimum Gasteiger partial charge on any atom is -0.282 e. The molecule has 0 N–H and O–H groups in total. The van der Waals surface area contributed by atoms with Gasteiger partial charge in [0.2, 0.25) is 5.91 Å². The van der Waals surface area contributed by atoms with E-state index in [1.165, 1.54) is 14.0 Å². The van der Waals surface area contributed by atoms with Crippen molar-refractivity contribution in [2.24, 2.45) is 0 Å². The summed E-state index contributed by atoms with van der Waals surface area (Å²) in [4.78, 5) is 43.9. The number of hydrogen-bond acceptors (Lipinski definition) is 6. The first-order valence-electron chi connectivity index (χ1n) is 5.38. The number of nitrogens with zero attached hydrogens (tertiary/aromatic N) is 3. The number of non-ortho nitro benzene ring substituents is 1. The van der Waals surface area contributed by atoms with E-state index >= 15 is 0 Å². The Balaban J connectivity index is 3.53. The van der Waals surface area contributed by atoms with Gasteiger partial charge in [0.05, 0.1) is 21.5 Å². The number of imide groups is 1. The van der Waals surface area contributed by atoms with Crippen LogP contribution in [-0.4, -0.2) is 33.6 Å². The summed E-state index contributed by atoms with van der Waals surface area (Å²) in [6.07, 6.45) is 0. The summed E-state index contributed by atoms with van der Waals surface area (Å²) in [5.41, 5.74) is -1.40. The van der Waals surface area contributed by atoms with Gasteiger partial charge in [-0.3, -0.25) is 34.7 Å². The van der Waals surface area contributed by atoms with Crippen molar-refractivity contribution in [3.63, 3.8) is 0 Å². The second kappa shape index (κ2) is 5.43. The van der Waals surface area contributed by atoms with E-state index in [2.05, 4.69) is 0 Å². The first kappa shape index (κ1) is 15.2. The molecule has 0 heterocycles. The van der Waals surface area contributed by atoms with Gasteiger partial charge in [0.25, 0.3) is 17.3 Å². The third-order valence-corrected chi connectivity index (χ3v) is 2.78. The molecule has 0 radical (unpaired) electrons. The van der Waals surface area contributed by atoms with Gasteiger partial charge < -0.3 is 0 Å². The van der Waals surface area contributed by atoms with Crippen LogP contribution in [0.15, 0.2) is 12.1 Å². The number of nitro groups is 2. The molecule has 0 aromatic heterocycles. The standard InChI is InChI=1S/C11H11N3O6/c1-6-9(11(16)12(3)7(2)15)4-8(13(17)18)5-10(6)14(19)20/h4-5H,1-3H3. The first-order valence-corrected chi connectivity index (χ1v) is 5.38. The number of amides is 2. The molecule has 1 rings (SSSR count). The van der Waals surface area contributed by atoms with Crippen LogP contribution in [0.2, 0.25) is 0 Å². The molecular weight excluding hydrogens is 270 g/mol. The third-order valence-electron chi connectivity index (χ3n) is 2.78. The molecule has 0 unspecified atom stereocenters. The van der Waals surface area contributed by atoms with E-state index in [1.54, 1.807) is 0 Å². The third kappa shape index (κ3) is 2.76. The highest BCUT2D eigenvalue weighted by molar-refractivity contribution is 6.05. The van der Waals surface area contributed by atoms with Crippen molar-refractivity contribution >= 4 is 23.2 Å². The molecule has 9 nitrogen and oxygen atoms in total. The Labute approximate surface area is 113 Å². The molecule has 20 heavy (non-hydrogen) atoms. The number of hydrogen-bond donors (Lipinski definition) is 0. The zero-order valence-electron chi connectivity index (χ0n) is 10.9. The maximum absolute atomic E-state index is 12.0. The maximum atomic E-state index is 12.0. The molecule has 1 aromatic carbocycles. The van der Waals surface area contributed by atoms with Crippen molar-refractivity contribution in [2.75, 3.05) is 7.05 Å². The summed E-state index contributed by atoms with van der Waals surface area (Å²) in [6, 6.07) is 1.70. The molecule has 2 amide bonds. The van der Waals surface area contributed by atoms with Gasteiger partial charge in [-0.25, -0.2) is 0 Å². The molecule has 0 atom stereocenters. The SMILES string of the molecule is CC(=O)N(C)C(=O)c1cc([N+](=O)[O-])cc([N+](=O)[O-])c1C. The van der Waals surface area contributed by atoms with Gasteiger partial charge in [-0.15, -0.1) is 0 Å².